The van der Waals surface area contributed by atoms with E-state index in [1.54, 1.807) is 30.3 Å². The molecule has 3 aromatic carbocycles. The third kappa shape index (κ3) is 4.74. The van der Waals surface area contributed by atoms with Crippen LogP contribution in [0.5, 0.6) is 23.0 Å². The fraction of sp³-hybridized carbons (Fsp3) is 0.0417. The number of nitrogens with one attached hydrogen (secondary N) is 1. The van der Waals surface area contributed by atoms with E-state index < -0.39 is 11.8 Å². The predicted molar refractivity (Wildman–Crippen MR) is 132 cm³/mol. The lowest BCUT2D eigenvalue weighted by molar-refractivity contribution is -0.122. The molecule has 33 heavy (non-hydrogen) atoms. The molecule has 7 nitrogen and oxygen atoms in total. The van der Waals surface area contributed by atoms with E-state index in [1.165, 1.54) is 24.2 Å². The van der Waals surface area contributed by atoms with Gasteiger partial charge in [-0.1, -0.05) is 34.1 Å². The largest absolute Gasteiger partial charge is 0.504 e. The van der Waals surface area contributed by atoms with Crippen molar-refractivity contribution < 1.29 is 24.2 Å². The first-order valence-electron chi connectivity index (χ1n) is 9.68. The van der Waals surface area contributed by atoms with Gasteiger partial charge >= 0.3 is 0 Å². The molecular weight excluding hydrogens is 508 g/mol. The molecule has 0 aromatic heterocycles. The van der Waals surface area contributed by atoms with Crippen LogP contribution in [-0.2, 0) is 9.59 Å². The average Bonchev–Trinajstić information content (AvgIpc) is 2.80. The summed E-state index contributed by atoms with van der Waals surface area (Å²) in [6.07, 6.45) is 1.38. The number of phenolic OH excluding ortho intramolecular Hbond substituents is 1. The molecule has 2 amide bonds. The summed E-state index contributed by atoms with van der Waals surface area (Å²) < 4.78 is 11.4. The molecule has 0 bridgehead atoms. The number of para-hydroxylation sites is 1. The zero-order chi connectivity index (χ0) is 23.5. The Balaban J connectivity index is 1.63. The summed E-state index contributed by atoms with van der Waals surface area (Å²) in [7, 11) is 1.42. The number of rotatable bonds is 5. The first-order valence-corrected chi connectivity index (χ1v) is 10.9. The minimum atomic E-state index is -0.632. The van der Waals surface area contributed by atoms with Gasteiger partial charge in [0.1, 0.15) is 17.1 Å². The van der Waals surface area contributed by atoms with Crippen molar-refractivity contribution in [1.82, 2.24) is 5.32 Å². The van der Waals surface area contributed by atoms with Gasteiger partial charge in [-0.05, 0) is 72.4 Å². The lowest BCUT2D eigenvalue weighted by atomic mass is 10.1. The number of ether oxygens (including phenoxy) is 2. The Hall–Kier alpha value is -3.69. The topological polar surface area (TPSA) is 88.1 Å². The second-order valence-electron chi connectivity index (χ2n) is 6.91. The molecule has 1 aliphatic heterocycles. The maximum absolute atomic E-state index is 13.2. The van der Waals surface area contributed by atoms with Gasteiger partial charge in [-0.3, -0.25) is 19.8 Å². The Morgan fingerprint density at radius 2 is 1.70 bits per heavy atom. The molecule has 0 saturated carbocycles. The molecule has 9 heteroatoms. The van der Waals surface area contributed by atoms with Gasteiger partial charge in [0.25, 0.3) is 11.8 Å². The molecule has 2 N–H and O–H groups in total. The Labute approximate surface area is 203 Å². The summed E-state index contributed by atoms with van der Waals surface area (Å²) in [5, 5.41) is 12.6. The highest BCUT2D eigenvalue weighted by Crippen LogP contribution is 2.34. The number of benzene rings is 3. The number of methoxy groups -OCH3 is 1. The van der Waals surface area contributed by atoms with Crippen LogP contribution in [0.3, 0.4) is 0 Å². The van der Waals surface area contributed by atoms with Crippen molar-refractivity contribution in [1.29, 1.82) is 0 Å². The molecule has 0 atom stereocenters. The molecule has 1 aliphatic rings. The van der Waals surface area contributed by atoms with E-state index in [4.69, 9.17) is 21.7 Å². The molecule has 1 saturated heterocycles. The van der Waals surface area contributed by atoms with Gasteiger partial charge in [-0.15, -0.1) is 0 Å². The molecule has 0 spiro atoms. The SMILES string of the molecule is COc1cc(Br)c(C=C2C(=O)NC(=S)N(c3ccc(Oc4ccccc4)cc3)C2=O)cc1O. The van der Waals surface area contributed by atoms with E-state index in [9.17, 15) is 14.7 Å². The number of carbonyl (C=O) groups excluding carboxylic acids is 2. The summed E-state index contributed by atoms with van der Waals surface area (Å²) in [6, 6.07) is 19.0. The molecule has 0 unspecified atom stereocenters. The van der Waals surface area contributed by atoms with Crippen molar-refractivity contribution in [2.45, 2.75) is 0 Å². The fourth-order valence-corrected chi connectivity index (χ4v) is 3.89. The van der Waals surface area contributed by atoms with Crippen molar-refractivity contribution in [2.24, 2.45) is 0 Å². The van der Waals surface area contributed by atoms with Crippen LogP contribution >= 0.6 is 28.1 Å². The summed E-state index contributed by atoms with van der Waals surface area (Å²) in [6.45, 7) is 0. The van der Waals surface area contributed by atoms with Crippen LogP contribution in [0.4, 0.5) is 5.69 Å². The Morgan fingerprint density at radius 3 is 2.36 bits per heavy atom. The van der Waals surface area contributed by atoms with E-state index in [1.807, 2.05) is 30.3 Å². The monoisotopic (exact) mass is 524 g/mol. The van der Waals surface area contributed by atoms with Crippen molar-refractivity contribution >= 4 is 56.8 Å². The molecule has 3 aromatic rings. The molecule has 1 heterocycles. The van der Waals surface area contributed by atoms with E-state index in [0.717, 1.165) is 0 Å². The van der Waals surface area contributed by atoms with E-state index in [0.29, 0.717) is 27.2 Å². The van der Waals surface area contributed by atoms with Crippen molar-refractivity contribution in [3.05, 3.63) is 82.3 Å². The minimum Gasteiger partial charge on any atom is -0.504 e. The van der Waals surface area contributed by atoms with E-state index in [2.05, 4.69) is 21.2 Å². The second kappa shape index (κ2) is 9.43. The number of halogens is 1. The van der Waals surface area contributed by atoms with Crippen LogP contribution in [0.15, 0.2) is 76.8 Å². The number of hydrogen-bond acceptors (Lipinski definition) is 6. The number of amides is 2. The molecule has 4 rings (SSSR count). The van der Waals surface area contributed by atoms with Crippen LogP contribution in [0.1, 0.15) is 5.56 Å². The van der Waals surface area contributed by atoms with Crippen molar-refractivity contribution in [3.8, 4) is 23.0 Å². The third-order valence-electron chi connectivity index (χ3n) is 4.77. The Kier molecular flexibility index (Phi) is 6.43. The molecule has 0 radical (unpaired) electrons. The van der Waals surface area contributed by atoms with Crippen LogP contribution in [0.2, 0.25) is 0 Å². The standard InChI is InChI=1S/C24H17BrN2O5S/c1-31-21-13-19(25)14(12-20(21)28)11-18-22(29)26-24(33)27(23(18)30)15-7-9-17(10-8-15)32-16-5-3-2-4-6-16/h2-13,28H,1H3,(H,26,29,33). The van der Waals surface area contributed by atoms with Crippen molar-refractivity contribution in [2.75, 3.05) is 12.0 Å². The van der Waals surface area contributed by atoms with Crippen LogP contribution in [0.25, 0.3) is 6.08 Å². The lowest BCUT2D eigenvalue weighted by Gasteiger charge is -2.29. The molecule has 0 aliphatic carbocycles. The smallest absolute Gasteiger partial charge is 0.270 e. The van der Waals surface area contributed by atoms with Crippen LogP contribution in [-0.4, -0.2) is 29.1 Å². The summed E-state index contributed by atoms with van der Waals surface area (Å²) in [4.78, 5) is 27.0. The van der Waals surface area contributed by atoms with E-state index >= 15 is 0 Å². The first kappa shape index (κ1) is 22.5. The van der Waals surface area contributed by atoms with Gasteiger partial charge in [0.2, 0.25) is 0 Å². The Bertz CT molecular complexity index is 1280. The average molecular weight is 525 g/mol. The third-order valence-corrected chi connectivity index (χ3v) is 5.74. The van der Waals surface area contributed by atoms with E-state index in [-0.39, 0.29) is 22.2 Å². The fourth-order valence-electron chi connectivity index (χ4n) is 3.17. The summed E-state index contributed by atoms with van der Waals surface area (Å²) in [5.41, 5.74) is 0.748. The zero-order valence-electron chi connectivity index (χ0n) is 17.2. The highest BCUT2D eigenvalue weighted by Gasteiger charge is 2.34. The van der Waals surface area contributed by atoms with Gasteiger partial charge in [-0.2, -0.15) is 0 Å². The number of hydrogen-bond donors (Lipinski definition) is 2. The molecular formula is C24H17BrN2O5S. The highest BCUT2D eigenvalue weighted by molar-refractivity contribution is 9.10. The lowest BCUT2D eigenvalue weighted by Crippen LogP contribution is -2.54. The molecule has 1 fully saturated rings. The number of anilines is 1. The summed E-state index contributed by atoms with van der Waals surface area (Å²) >= 11 is 8.61. The number of aromatic hydroxyl groups is 1. The maximum atomic E-state index is 13.2. The highest BCUT2D eigenvalue weighted by atomic mass is 79.9. The van der Waals surface area contributed by atoms with Gasteiger partial charge < -0.3 is 14.6 Å². The van der Waals surface area contributed by atoms with Crippen LogP contribution in [0, 0.1) is 0 Å². The molecule has 166 valence electrons. The maximum Gasteiger partial charge on any atom is 0.270 e. The second-order valence-corrected chi connectivity index (χ2v) is 8.15. The Morgan fingerprint density at radius 1 is 1.03 bits per heavy atom. The summed E-state index contributed by atoms with van der Waals surface area (Å²) in [5.74, 6) is 0.162. The quantitative estimate of drug-likeness (QED) is 0.283. The predicted octanol–water partition coefficient (Wildman–Crippen LogP) is 4.79. The minimum absolute atomic E-state index is 0.0319. The number of carbonyl (C=O) groups is 2. The van der Waals surface area contributed by atoms with Gasteiger partial charge in [0, 0.05) is 4.47 Å². The van der Waals surface area contributed by atoms with Gasteiger partial charge in [-0.25, -0.2) is 0 Å². The number of thiocarbonyl (C=S) groups is 1. The number of phenols is 1. The van der Waals surface area contributed by atoms with Gasteiger partial charge in [0.05, 0.1) is 12.8 Å². The number of nitrogens with zero attached hydrogens (tertiary/aromatic N) is 1. The first-order chi connectivity index (χ1) is 15.9. The normalized spacial score (nSPS) is 14.9. The zero-order valence-corrected chi connectivity index (χ0v) is 19.6. The van der Waals surface area contributed by atoms with Crippen LogP contribution < -0.4 is 19.7 Å². The van der Waals surface area contributed by atoms with Gasteiger partial charge in [0.15, 0.2) is 16.6 Å². The van der Waals surface area contributed by atoms with Crippen molar-refractivity contribution in [3.63, 3.8) is 0 Å².